The van der Waals surface area contributed by atoms with Gasteiger partial charge in [0, 0.05) is 12.8 Å². The summed E-state index contributed by atoms with van der Waals surface area (Å²) in [4.78, 5) is 24.5. The number of esters is 1. The minimum Gasteiger partial charge on any atom is -0.466 e. The molecule has 1 amide bonds. The first kappa shape index (κ1) is 74.3. The number of aliphatic hydroxyl groups excluding tert-OH is 2. The molecule has 2 atom stereocenters. The van der Waals surface area contributed by atoms with Crippen LogP contribution >= 0.6 is 0 Å². The van der Waals surface area contributed by atoms with Crippen LogP contribution in [0.3, 0.4) is 0 Å². The van der Waals surface area contributed by atoms with Crippen LogP contribution in [0.2, 0.25) is 0 Å². The Morgan fingerprint density at radius 3 is 0.934 bits per heavy atom. The molecule has 0 aromatic carbocycles. The van der Waals surface area contributed by atoms with E-state index in [4.69, 9.17) is 4.74 Å². The maximum atomic E-state index is 12.5. The predicted molar refractivity (Wildman–Crippen MR) is 333 cm³/mol. The average molecular weight is 1070 g/mol. The topological polar surface area (TPSA) is 95.9 Å². The van der Waals surface area contributed by atoms with Crippen LogP contribution in [0, 0.1) is 0 Å². The van der Waals surface area contributed by atoms with Crippen LogP contribution in [0.25, 0.3) is 0 Å². The average Bonchev–Trinajstić information content (AvgIpc) is 3.42. The normalized spacial score (nSPS) is 12.6. The zero-order chi connectivity index (χ0) is 55.0. The number of nitrogens with one attached hydrogen (secondary N) is 1. The first-order chi connectivity index (χ1) is 37.5. The molecule has 0 heterocycles. The van der Waals surface area contributed by atoms with Gasteiger partial charge in [-0.25, -0.2) is 0 Å². The first-order valence-electron chi connectivity index (χ1n) is 34.6. The van der Waals surface area contributed by atoms with E-state index in [9.17, 15) is 19.8 Å². The Bertz CT molecular complexity index is 1190. The molecule has 0 saturated carbocycles. The Morgan fingerprint density at radius 2 is 0.618 bits per heavy atom. The van der Waals surface area contributed by atoms with E-state index in [1.165, 1.54) is 321 Å². The Labute approximate surface area is 475 Å². The van der Waals surface area contributed by atoms with Gasteiger partial charge in [-0.05, 0) is 57.8 Å². The standard InChI is InChI=1S/C70H135NO5/c1-3-5-7-9-11-13-15-17-18-36-40-44-48-52-56-60-64-70(75)76-65-61-57-53-49-45-41-37-34-32-30-28-26-24-22-20-19-21-23-25-27-29-31-33-35-39-43-47-51-55-59-63-69(74)71-67(66-72)68(73)62-58-54-50-46-42-38-16-14-12-10-8-6-4-2/h20,22,58,62,67-68,72-73H,3-19,21,23-57,59-61,63-66H2,1-2H3,(H,71,74)/b22-20-,62-58+. The van der Waals surface area contributed by atoms with Crippen LogP contribution in [-0.4, -0.2) is 47.4 Å². The van der Waals surface area contributed by atoms with Crippen molar-refractivity contribution in [2.75, 3.05) is 13.2 Å². The van der Waals surface area contributed by atoms with Gasteiger partial charge in [-0.1, -0.05) is 340 Å². The van der Waals surface area contributed by atoms with Gasteiger partial charge in [0.05, 0.1) is 25.4 Å². The lowest BCUT2D eigenvalue weighted by Crippen LogP contribution is -2.45. The number of carbonyl (C=O) groups excluding carboxylic acids is 2. The fourth-order valence-electron chi connectivity index (χ4n) is 10.9. The number of allylic oxidation sites excluding steroid dienone is 3. The fourth-order valence-corrected chi connectivity index (χ4v) is 10.9. The highest BCUT2D eigenvalue weighted by molar-refractivity contribution is 5.76. The third-order valence-corrected chi connectivity index (χ3v) is 16.2. The lowest BCUT2D eigenvalue weighted by Gasteiger charge is -2.20. The van der Waals surface area contributed by atoms with Gasteiger partial charge < -0.3 is 20.3 Å². The minimum absolute atomic E-state index is 0.0208. The number of ether oxygens (including phenoxy) is 1. The molecule has 0 aliphatic carbocycles. The Morgan fingerprint density at radius 1 is 0.355 bits per heavy atom. The maximum Gasteiger partial charge on any atom is 0.305 e. The Kier molecular flexibility index (Phi) is 64.4. The molecule has 0 aromatic heterocycles. The highest BCUT2D eigenvalue weighted by Gasteiger charge is 2.18. The molecular weight excluding hydrogens is 935 g/mol. The van der Waals surface area contributed by atoms with E-state index in [0.717, 1.165) is 38.5 Å². The van der Waals surface area contributed by atoms with Crippen molar-refractivity contribution in [2.24, 2.45) is 0 Å². The van der Waals surface area contributed by atoms with E-state index in [-0.39, 0.29) is 18.5 Å². The van der Waals surface area contributed by atoms with Gasteiger partial charge in [-0.15, -0.1) is 0 Å². The Hall–Kier alpha value is -1.66. The smallest absolute Gasteiger partial charge is 0.305 e. The third kappa shape index (κ3) is 61.6. The van der Waals surface area contributed by atoms with E-state index in [0.29, 0.717) is 19.4 Å². The molecule has 0 saturated heterocycles. The molecule has 0 bridgehead atoms. The number of hydrogen-bond donors (Lipinski definition) is 3. The molecule has 6 heteroatoms. The molecule has 0 spiro atoms. The van der Waals surface area contributed by atoms with Crippen LogP contribution in [0.1, 0.15) is 386 Å². The highest BCUT2D eigenvalue weighted by Crippen LogP contribution is 2.18. The second-order valence-corrected chi connectivity index (χ2v) is 23.9. The van der Waals surface area contributed by atoms with Crippen LogP contribution in [-0.2, 0) is 14.3 Å². The van der Waals surface area contributed by atoms with Crippen molar-refractivity contribution in [3.05, 3.63) is 24.3 Å². The summed E-state index contributed by atoms with van der Waals surface area (Å²) >= 11 is 0. The Balaban J connectivity index is 3.35. The lowest BCUT2D eigenvalue weighted by atomic mass is 10.0. The zero-order valence-electron chi connectivity index (χ0n) is 51.5. The maximum absolute atomic E-state index is 12.5. The number of rotatable bonds is 65. The van der Waals surface area contributed by atoms with Gasteiger partial charge >= 0.3 is 5.97 Å². The largest absolute Gasteiger partial charge is 0.466 e. The van der Waals surface area contributed by atoms with Crippen LogP contribution in [0.15, 0.2) is 24.3 Å². The summed E-state index contributed by atoms with van der Waals surface area (Å²) in [5, 5.41) is 23.1. The van der Waals surface area contributed by atoms with E-state index in [2.05, 4.69) is 31.3 Å². The van der Waals surface area contributed by atoms with Crippen LogP contribution in [0.4, 0.5) is 0 Å². The molecule has 0 aliphatic rings. The molecule has 0 radical (unpaired) electrons. The summed E-state index contributed by atoms with van der Waals surface area (Å²) in [5.74, 6) is -0.0442. The van der Waals surface area contributed by atoms with Crippen molar-refractivity contribution in [1.29, 1.82) is 0 Å². The molecule has 6 nitrogen and oxygen atoms in total. The van der Waals surface area contributed by atoms with Crippen molar-refractivity contribution in [2.45, 2.75) is 398 Å². The zero-order valence-corrected chi connectivity index (χ0v) is 51.5. The molecule has 450 valence electrons. The van der Waals surface area contributed by atoms with Crippen molar-refractivity contribution >= 4 is 11.9 Å². The molecule has 0 fully saturated rings. The van der Waals surface area contributed by atoms with E-state index >= 15 is 0 Å². The molecule has 0 aromatic rings. The van der Waals surface area contributed by atoms with Gasteiger partial charge in [0.25, 0.3) is 0 Å². The quantitative estimate of drug-likeness (QED) is 0.0320. The number of unbranched alkanes of at least 4 members (excludes halogenated alkanes) is 52. The lowest BCUT2D eigenvalue weighted by molar-refractivity contribution is -0.143. The number of aliphatic hydroxyl groups is 2. The molecule has 0 rings (SSSR count). The van der Waals surface area contributed by atoms with Crippen molar-refractivity contribution in [3.8, 4) is 0 Å². The van der Waals surface area contributed by atoms with Gasteiger partial charge in [0.15, 0.2) is 0 Å². The molecule has 2 unspecified atom stereocenters. The summed E-state index contributed by atoms with van der Waals surface area (Å²) in [6, 6.07) is -0.626. The summed E-state index contributed by atoms with van der Waals surface area (Å²) in [6.45, 7) is 4.93. The summed E-state index contributed by atoms with van der Waals surface area (Å²) in [5.41, 5.74) is 0. The SMILES string of the molecule is CCCCCCCCCCCCC/C=C/C(O)C(CO)NC(=O)CCCCCCCCCCCCCCCC/C=C\CCCCCCCCCCCCCCOC(=O)CCCCCCCCCCCCCCCCCC. The van der Waals surface area contributed by atoms with Crippen LogP contribution < -0.4 is 5.32 Å². The van der Waals surface area contributed by atoms with Crippen molar-refractivity contribution in [3.63, 3.8) is 0 Å². The summed E-state index contributed by atoms with van der Waals surface area (Å²) in [7, 11) is 0. The molecule has 3 N–H and O–H groups in total. The van der Waals surface area contributed by atoms with Gasteiger partial charge in [-0.3, -0.25) is 9.59 Å². The van der Waals surface area contributed by atoms with E-state index in [1.807, 2.05) is 6.08 Å². The monoisotopic (exact) mass is 1070 g/mol. The molecule has 0 aliphatic heterocycles. The van der Waals surface area contributed by atoms with Gasteiger partial charge in [0.1, 0.15) is 0 Å². The number of amides is 1. The third-order valence-electron chi connectivity index (χ3n) is 16.2. The molecule has 76 heavy (non-hydrogen) atoms. The summed E-state index contributed by atoms with van der Waals surface area (Å²) in [6.07, 6.45) is 82.6. The number of hydrogen-bond acceptors (Lipinski definition) is 5. The summed E-state index contributed by atoms with van der Waals surface area (Å²) < 4.78 is 5.50. The van der Waals surface area contributed by atoms with Crippen molar-refractivity contribution in [1.82, 2.24) is 5.32 Å². The first-order valence-corrected chi connectivity index (χ1v) is 34.6. The van der Waals surface area contributed by atoms with Gasteiger partial charge in [0.2, 0.25) is 5.91 Å². The van der Waals surface area contributed by atoms with E-state index < -0.39 is 12.1 Å². The van der Waals surface area contributed by atoms with E-state index in [1.54, 1.807) is 6.08 Å². The fraction of sp³-hybridized carbons (Fsp3) is 0.914. The van der Waals surface area contributed by atoms with Crippen molar-refractivity contribution < 1.29 is 24.5 Å². The second-order valence-electron chi connectivity index (χ2n) is 23.9. The number of carbonyl (C=O) groups is 2. The minimum atomic E-state index is -0.842. The second kappa shape index (κ2) is 65.9. The highest BCUT2D eigenvalue weighted by atomic mass is 16.5. The van der Waals surface area contributed by atoms with Gasteiger partial charge in [-0.2, -0.15) is 0 Å². The molecular formula is C70H135NO5. The van der Waals surface area contributed by atoms with Crippen LogP contribution in [0.5, 0.6) is 0 Å². The predicted octanol–water partition coefficient (Wildman–Crippen LogP) is 22.1.